The van der Waals surface area contributed by atoms with E-state index in [0.717, 1.165) is 37.3 Å². The molecule has 0 bridgehead atoms. The van der Waals surface area contributed by atoms with Crippen molar-refractivity contribution < 1.29 is 28.9 Å². The summed E-state index contributed by atoms with van der Waals surface area (Å²) in [7, 11) is 0. The van der Waals surface area contributed by atoms with Crippen LogP contribution in [0.25, 0.3) is 0 Å². The molecule has 2 aliphatic heterocycles. The Bertz CT molecular complexity index is 886. The summed E-state index contributed by atoms with van der Waals surface area (Å²) >= 11 is 0. The van der Waals surface area contributed by atoms with Crippen LogP contribution in [-0.4, -0.2) is 79.4 Å². The first-order valence-electron chi connectivity index (χ1n) is 12.9. The number of fused-ring (bicyclic) bond motifs is 1. The topological polar surface area (TPSA) is 97.3 Å². The Kier molecular flexibility index (Phi) is 9.18. The molecule has 35 heavy (non-hydrogen) atoms. The minimum absolute atomic E-state index is 0.0749. The molecule has 8 heteroatoms. The highest BCUT2D eigenvalue weighted by Crippen LogP contribution is 2.28. The van der Waals surface area contributed by atoms with E-state index in [-0.39, 0.29) is 36.7 Å². The van der Waals surface area contributed by atoms with Crippen molar-refractivity contribution in [3.8, 4) is 0 Å². The summed E-state index contributed by atoms with van der Waals surface area (Å²) in [6.07, 6.45) is 12.6. The molecule has 192 valence electrons. The van der Waals surface area contributed by atoms with Gasteiger partial charge in [-0.3, -0.25) is 9.59 Å². The fraction of sp³-hybridized carbons (Fsp3) is 0.630. The molecule has 0 aromatic carbocycles. The molecule has 0 radical (unpaired) electrons. The van der Waals surface area contributed by atoms with E-state index in [1.807, 2.05) is 37.3 Å². The van der Waals surface area contributed by atoms with Crippen LogP contribution in [0, 0.1) is 5.92 Å². The highest BCUT2D eigenvalue weighted by Gasteiger charge is 2.32. The summed E-state index contributed by atoms with van der Waals surface area (Å²) in [5.74, 6) is 1.49. The van der Waals surface area contributed by atoms with Crippen molar-refractivity contribution in [1.82, 2.24) is 10.2 Å². The van der Waals surface area contributed by atoms with Gasteiger partial charge in [-0.1, -0.05) is 19.1 Å². The Labute approximate surface area is 207 Å². The number of hydrogen-bond acceptors (Lipinski definition) is 7. The summed E-state index contributed by atoms with van der Waals surface area (Å²) in [5, 5.41) is 14.3. The van der Waals surface area contributed by atoms with Gasteiger partial charge in [-0.05, 0) is 56.2 Å². The third kappa shape index (κ3) is 7.06. The molecule has 4 atom stereocenters. The lowest BCUT2D eigenvalue weighted by atomic mass is 9.92. The van der Waals surface area contributed by atoms with Gasteiger partial charge in [0, 0.05) is 25.3 Å². The van der Waals surface area contributed by atoms with Crippen molar-refractivity contribution in [3.63, 3.8) is 0 Å². The Morgan fingerprint density at radius 3 is 2.83 bits per heavy atom. The van der Waals surface area contributed by atoms with Crippen LogP contribution >= 0.6 is 0 Å². The zero-order valence-electron chi connectivity index (χ0n) is 20.6. The summed E-state index contributed by atoms with van der Waals surface area (Å²) in [6, 6.07) is -0.416. The molecular formula is C27H38N2O6. The van der Waals surface area contributed by atoms with Gasteiger partial charge in [0.25, 0.3) is 0 Å². The van der Waals surface area contributed by atoms with Gasteiger partial charge in [0.2, 0.25) is 5.91 Å². The number of rotatable bonds is 11. The third-order valence-electron chi connectivity index (χ3n) is 7.06. The number of likely N-dealkylation sites (tertiary alicyclic amines) is 1. The van der Waals surface area contributed by atoms with Gasteiger partial charge < -0.3 is 29.5 Å². The Morgan fingerprint density at radius 1 is 1.26 bits per heavy atom. The van der Waals surface area contributed by atoms with Crippen molar-refractivity contribution in [1.29, 1.82) is 0 Å². The van der Waals surface area contributed by atoms with Crippen LogP contribution in [0.3, 0.4) is 0 Å². The quantitative estimate of drug-likeness (QED) is 0.463. The lowest BCUT2D eigenvalue weighted by molar-refractivity contribution is -0.123. The van der Waals surface area contributed by atoms with E-state index in [4.69, 9.17) is 14.2 Å². The molecule has 2 fully saturated rings. The molecule has 0 spiro atoms. The average molecular weight is 487 g/mol. The SMILES string of the molecule is CCC(=O)C1C=CC(OCCC(=O)N[C@H](CN2CCCC2)[C@H](O)C2=CC=C3OCCOC3C2)=CC1. The van der Waals surface area contributed by atoms with Gasteiger partial charge in [-0.2, -0.15) is 0 Å². The average Bonchev–Trinajstić information content (AvgIpc) is 3.40. The second-order valence-electron chi connectivity index (χ2n) is 9.58. The fourth-order valence-electron chi connectivity index (χ4n) is 5.01. The van der Waals surface area contributed by atoms with Crippen molar-refractivity contribution in [2.24, 2.45) is 5.92 Å². The number of nitrogens with zero attached hydrogens (tertiary/aromatic N) is 1. The van der Waals surface area contributed by atoms with E-state index in [9.17, 15) is 14.7 Å². The second kappa shape index (κ2) is 12.5. The Morgan fingerprint density at radius 2 is 2.09 bits per heavy atom. The molecule has 0 saturated carbocycles. The van der Waals surface area contributed by atoms with Crippen LogP contribution in [0.5, 0.6) is 0 Å². The maximum absolute atomic E-state index is 12.8. The van der Waals surface area contributed by atoms with E-state index < -0.39 is 12.1 Å². The monoisotopic (exact) mass is 486 g/mol. The van der Waals surface area contributed by atoms with Crippen molar-refractivity contribution in [3.05, 3.63) is 47.5 Å². The molecule has 4 rings (SSSR count). The van der Waals surface area contributed by atoms with Crippen LogP contribution in [0.2, 0.25) is 0 Å². The number of amides is 1. The first-order valence-corrected chi connectivity index (χ1v) is 12.9. The number of nitrogens with one attached hydrogen (secondary N) is 1. The molecule has 2 saturated heterocycles. The highest BCUT2D eigenvalue weighted by atomic mass is 16.6. The Hall–Kier alpha value is -2.42. The largest absolute Gasteiger partial charge is 0.493 e. The summed E-state index contributed by atoms with van der Waals surface area (Å²) in [4.78, 5) is 26.9. The Balaban J connectivity index is 1.30. The van der Waals surface area contributed by atoms with E-state index in [1.165, 1.54) is 0 Å². The number of Topliss-reactive ketones (excluding diaryl/α,β-unsaturated/α-hetero) is 1. The van der Waals surface area contributed by atoms with Crippen molar-refractivity contribution in [2.75, 3.05) is 39.5 Å². The van der Waals surface area contributed by atoms with Gasteiger partial charge in [0.15, 0.2) is 0 Å². The fourth-order valence-corrected chi connectivity index (χ4v) is 5.01. The van der Waals surface area contributed by atoms with E-state index in [0.29, 0.717) is 44.8 Å². The number of hydrogen-bond donors (Lipinski definition) is 2. The molecule has 0 aromatic rings. The molecule has 2 unspecified atom stereocenters. The third-order valence-corrected chi connectivity index (χ3v) is 7.06. The van der Waals surface area contributed by atoms with E-state index >= 15 is 0 Å². The maximum atomic E-state index is 12.8. The molecule has 2 aliphatic carbocycles. The van der Waals surface area contributed by atoms with Gasteiger partial charge in [0.1, 0.15) is 30.0 Å². The first kappa shape index (κ1) is 25.7. The number of aliphatic hydroxyl groups is 1. The van der Waals surface area contributed by atoms with Crippen molar-refractivity contribution in [2.45, 2.75) is 63.7 Å². The van der Waals surface area contributed by atoms with Crippen LogP contribution in [0.4, 0.5) is 0 Å². The molecule has 4 aliphatic rings. The minimum Gasteiger partial charge on any atom is -0.493 e. The van der Waals surface area contributed by atoms with E-state index in [2.05, 4.69) is 10.2 Å². The standard InChI is InChI=1S/C27H38N2O6/c1-2-23(30)19-5-8-21(9-6-19)33-14-11-26(31)28-22(18-29-12-3-4-13-29)27(32)20-7-10-24-25(17-20)35-16-15-34-24/h5,7-10,19,22,25,27,32H,2-4,6,11-18H2,1H3,(H,28,31)/t19?,22-,25?,27-/m1/s1. The highest BCUT2D eigenvalue weighted by molar-refractivity contribution is 5.82. The van der Waals surface area contributed by atoms with Crippen molar-refractivity contribution >= 4 is 11.7 Å². The summed E-state index contributed by atoms with van der Waals surface area (Å²) in [6.45, 7) is 5.76. The van der Waals surface area contributed by atoms with Gasteiger partial charge >= 0.3 is 0 Å². The predicted octanol–water partition coefficient (Wildman–Crippen LogP) is 2.40. The second-order valence-corrected chi connectivity index (χ2v) is 9.58. The van der Waals surface area contributed by atoms with Gasteiger partial charge in [-0.15, -0.1) is 0 Å². The first-order chi connectivity index (χ1) is 17.0. The minimum atomic E-state index is -0.805. The van der Waals surface area contributed by atoms with Crippen LogP contribution in [0.1, 0.15) is 45.4 Å². The van der Waals surface area contributed by atoms with Crippen LogP contribution in [0.15, 0.2) is 47.5 Å². The zero-order valence-corrected chi connectivity index (χ0v) is 20.6. The number of carbonyl (C=O) groups excluding carboxylic acids is 2. The lowest BCUT2D eigenvalue weighted by Crippen LogP contribution is -2.51. The molecule has 8 nitrogen and oxygen atoms in total. The molecular weight excluding hydrogens is 448 g/mol. The molecule has 1 amide bonds. The van der Waals surface area contributed by atoms with Gasteiger partial charge in [-0.25, -0.2) is 0 Å². The summed E-state index contributed by atoms with van der Waals surface area (Å²) in [5.41, 5.74) is 0.846. The molecule has 2 heterocycles. The number of aliphatic hydroxyl groups excluding tert-OH is 1. The maximum Gasteiger partial charge on any atom is 0.223 e. The van der Waals surface area contributed by atoms with Crippen LogP contribution < -0.4 is 5.32 Å². The number of ether oxygens (including phenoxy) is 3. The molecule has 2 N–H and O–H groups in total. The summed E-state index contributed by atoms with van der Waals surface area (Å²) < 4.78 is 17.2. The number of allylic oxidation sites excluding steroid dienone is 5. The lowest BCUT2D eigenvalue weighted by Gasteiger charge is -2.34. The number of carbonyl (C=O) groups is 2. The zero-order chi connectivity index (χ0) is 24.6. The van der Waals surface area contributed by atoms with Crippen LogP contribution in [-0.2, 0) is 23.8 Å². The normalized spacial score (nSPS) is 25.9. The van der Waals surface area contributed by atoms with Gasteiger partial charge in [0.05, 0.1) is 31.8 Å². The number of ketones is 1. The molecule has 0 aromatic heterocycles. The van der Waals surface area contributed by atoms with E-state index in [1.54, 1.807) is 0 Å². The smallest absolute Gasteiger partial charge is 0.223 e. The predicted molar refractivity (Wildman–Crippen MR) is 131 cm³/mol.